The van der Waals surface area contributed by atoms with Gasteiger partial charge >= 0.3 is 0 Å². The van der Waals surface area contributed by atoms with E-state index in [1.165, 1.54) is 11.6 Å². The van der Waals surface area contributed by atoms with Crippen LogP contribution in [-0.4, -0.2) is 4.98 Å². The largest absolute Gasteiger partial charge is 0.378 e. The van der Waals surface area contributed by atoms with E-state index >= 15 is 0 Å². The molecule has 0 spiro atoms. The number of nitrogens with zero attached hydrogens (tertiary/aromatic N) is 1. The minimum Gasteiger partial charge on any atom is -0.378 e. The van der Waals surface area contributed by atoms with Crippen molar-refractivity contribution < 1.29 is 4.39 Å². The second-order valence-electron chi connectivity index (χ2n) is 4.45. The summed E-state index contributed by atoms with van der Waals surface area (Å²) in [6, 6.07) is 8.89. The van der Waals surface area contributed by atoms with Gasteiger partial charge in [0.15, 0.2) is 0 Å². The lowest BCUT2D eigenvalue weighted by Crippen LogP contribution is -2.07. The molecule has 1 heterocycles. The summed E-state index contributed by atoms with van der Waals surface area (Å²) in [7, 11) is 0. The Hall–Kier alpha value is -1.61. The zero-order chi connectivity index (χ0) is 12.5. The summed E-state index contributed by atoms with van der Waals surface area (Å²) >= 11 is 5.85. The van der Waals surface area contributed by atoms with Gasteiger partial charge in [-0.2, -0.15) is 0 Å². The van der Waals surface area contributed by atoms with E-state index in [-0.39, 0.29) is 11.9 Å². The molecule has 92 valence electrons. The summed E-state index contributed by atoms with van der Waals surface area (Å²) in [5, 5.41) is 3.88. The molecule has 1 aliphatic carbocycles. The molecule has 0 saturated carbocycles. The van der Waals surface area contributed by atoms with Gasteiger partial charge in [0.1, 0.15) is 11.0 Å². The van der Waals surface area contributed by atoms with Crippen LogP contribution < -0.4 is 5.32 Å². The number of aryl methyl sites for hydroxylation is 1. The molecule has 1 aliphatic rings. The highest BCUT2D eigenvalue weighted by molar-refractivity contribution is 6.29. The number of anilines is 1. The average molecular weight is 263 g/mol. The van der Waals surface area contributed by atoms with Crippen LogP contribution in [0.15, 0.2) is 36.5 Å². The van der Waals surface area contributed by atoms with E-state index in [0.717, 1.165) is 24.1 Å². The number of hydrogen-bond acceptors (Lipinski definition) is 2. The second-order valence-corrected chi connectivity index (χ2v) is 4.83. The highest BCUT2D eigenvalue weighted by Crippen LogP contribution is 2.34. The number of halogens is 2. The fraction of sp³-hybridized carbons (Fsp3) is 0.214. The van der Waals surface area contributed by atoms with E-state index in [4.69, 9.17) is 11.6 Å². The van der Waals surface area contributed by atoms with Crippen molar-refractivity contribution in [3.05, 3.63) is 58.6 Å². The molecule has 1 aromatic heterocycles. The average Bonchev–Trinajstić information content (AvgIpc) is 2.72. The van der Waals surface area contributed by atoms with Crippen molar-refractivity contribution in [3.8, 4) is 0 Å². The van der Waals surface area contributed by atoms with Gasteiger partial charge in [-0.15, -0.1) is 0 Å². The predicted octanol–water partition coefficient (Wildman–Crippen LogP) is 3.97. The smallest absolute Gasteiger partial charge is 0.131 e. The molecule has 1 aromatic carbocycles. The van der Waals surface area contributed by atoms with Crippen molar-refractivity contribution in [2.24, 2.45) is 0 Å². The Morgan fingerprint density at radius 1 is 1.28 bits per heavy atom. The topological polar surface area (TPSA) is 24.9 Å². The fourth-order valence-electron chi connectivity index (χ4n) is 2.43. The first-order valence-corrected chi connectivity index (χ1v) is 6.26. The number of pyridine rings is 1. The summed E-state index contributed by atoms with van der Waals surface area (Å²) in [6.07, 6.45) is 3.55. The van der Waals surface area contributed by atoms with Gasteiger partial charge in [0.05, 0.1) is 6.04 Å². The summed E-state index contributed by atoms with van der Waals surface area (Å²) in [6.45, 7) is 0. The number of aromatic nitrogens is 1. The van der Waals surface area contributed by atoms with Crippen LogP contribution in [-0.2, 0) is 6.42 Å². The molecule has 0 fully saturated rings. The Balaban J connectivity index is 1.85. The van der Waals surface area contributed by atoms with Crippen LogP contribution in [0.5, 0.6) is 0 Å². The quantitative estimate of drug-likeness (QED) is 0.829. The minimum atomic E-state index is -0.165. The van der Waals surface area contributed by atoms with Gasteiger partial charge in [0.25, 0.3) is 0 Å². The highest BCUT2D eigenvalue weighted by Gasteiger charge is 2.22. The van der Waals surface area contributed by atoms with Crippen LogP contribution >= 0.6 is 11.6 Å². The molecule has 4 heteroatoms. The van der Waals surface area contributed by atoms with Crippen molar-refractivity contribution in [2.75, 3.05) is 5.32 Å². The number of fused-ring (bicyclic) bond motifs is 1. The van der Waals surface area contributed by atoms with Crippen molar-refractivity contribution in [2.45, 2.75) is 18.9 Å². The number of nitrogens with one attached hydrogen (secondary N) is 1. The molecule has 2 nitrogen and oxygen atoms in total. The molecule has 0 saturated heterocycles. The number of rotatable bonds is 2. The molecule has 0 bridgehead atoms. The van der Waals surface area contributed by atoms with E-state index in [1.54, 1.807) is 18.3 Å². The van der Waals surface area contributed by atoms with Crippen LogP contribution in [0.3, 0.4) is 0 Å². The van der Waals surface area contributed by atoms with Crippen molar-refractivity contribution in [1.82, 2.24) is 4.98 Å². The van der Waals surface area contributed by atoms with E-state index in [9.17, 15) is 4.39 Å². The van der Waals surface area contributed by atoms with Gasteiger partial charge in [-0.1, -0.05) is 17.7 Å². The lowest BCUT2D eigenvalue weighted by Gasteiger charge is -2.15. The standard InChI is InChI=1S/C14H12ClFN2/c15-14-8-11(5-6-17-14)18-13-4-1-9-7-10(16)2-3-12(9)13/h2-3,5-8,13H,1,4H2,(H,17,18). The SMILES string of the molecule is Fc1ccc2c(c1)CCC2Nc1ccnc(Cl)c1. The molecule has 3 rings (SSSR count). The predicted molar refractivity (Wildman–Crippen MR) is 70.3 cm³/mol. The molecule has 0 radical (unpaired) electrons. The molecule has 18 heavy (non-hydrogen) atoms. The fourth-order valence-corrected chi connectivity index (χ4v) is 2.60. The van der Waals surface area contributed by atoms with Gasteiger partial charge < -0.3 is 5.32 Å². The zero-order valence-corrected chi connectivity index (χ0v) is 10.4. The van der Waals surface area contributed by atoms with Crippen LogP contribution in [0.1, 0.15) is 23.6 Å². The van der Waals surface area contributed by atoms with Crippen LogP contribution in [0.4, 0.5) is 10.1 Å². The third-order valence-corrected chi connectivity index (χ3v) is 3.46. The van der Waals surface area contributed by atoms with E-state index < -0.39 is 0 Å². The molecule has 1 unspecified atom stereocenters. The van der Waals surface area contributed by atoms with Crippen LogP contribution in [0, 0.1) is 5.82 Å². The molecule has 2 aromatic rings. The first-order chi connectivity index (χ1) is 8.72. The molecular formula is C14H12ClFN2. The summed E-state index contributed by atoms with van der Waals surface area (Å²) in [4.78, 5) is 3.95. The Labute approximate surface area is 110 Å². The lowest BCUT2D eigenvalue weighted by molar-refractivity contribution is 0.626. The molecule has 1 N–H and O–H groups in total. The van der Waals surface area contributed by atoms with Crippen LogP contribution in [0.25, 0.3) is 0 Å². The van der Waals surface area contributed by atoms with Gasteiger partial charge in [0.2, 0.25) is 0 Å². The van der Waals surface area contributed by atoms with Crippen molar-refractivity contribution >= 4 is 17.3 Å². The molecule has 0 aliphatic heterocycles. The molecule has 0 amide bonds. The first-order valence-electron chi connectivity index (χ1n) is 5.89. The summed E-state index contributed by atoms with van der Waals surface area (Å²) < 4.78 is 13.1. The highest BCUT2D eigenvalue weighted by atomic mass is 35.5. The number of hydrogen-bond donors (Lipinski definition) is 1. The second kappa shape index (κ2) is 4.58. The van der Waals surface area contributed by atoms with E-state index in [2.05, 4.69) is 10.3 Å². The van der Waals surface area contributed by atoms with Crippen LogP contribution in [0.2, 0.25) is 5.15 Å². The van der Waals surface area contributed by atoms with E-state index in [1.807, 2.05) is 12.1 Å². The van der Waals surface area contributed by atoms with Gasteiger partial charge in [-0.05, 0) is 48.2 Å². The normalized spacial score (nSPS) is 17.6. The maximum Gasteiger partial charge on any atom is 0.131 e. The third kappa shape index (κ3) is 2.18. The third-order valence-electron chi connectivity index (χ3n) is 3.25. The Kier molecular flexibility index (Phi) is 2.92. The Morgan fingerprint density at radius 2 is 2.17 bits per heavy atom. The number of benzene rings is 1. The van der Waals surface area contributed by atoms with E-state index in [0.29, 0.717) is 5.15 Å². The first kappa shape index (κ1) is 11.5. The lowest BCUT2D eigenvalue weighted by atomic mass is 10.1. The monoisotopic (exact) mass is 262 g/mol. The maximum absolute atomic E-state index is 13.1. The van der Waals surface area contributed by atoms with Crippen molar-refractivity contribution in [3.63, 3.8) is 0 Å². The summed E-state index contributed by atoms with van der Waals surface area (Å²) in [5.74, 6) is -0.165. The minimum absolute atomic E-state index is 0.165. The van der Waals surface area contributed by atoms with Crippen molar-refractivity contribution in [1.29, 1.82) is 0 Å². The summed E-state index contributed by atoms with van der Waals surface area (Å²) in [5.41, 5.74) is 3.20. The van der Waals surface area contributed by atoms with Gasteiger partial charge in [0, 0.05) is 11.9 Å². The maximum atomic E-state index is 13.1. The Morgan fingerprint density at radius 3 is 3.00 bits per heavy atom. The van der Waals surface area contributed by atoms with Gasteiger partial charge in [-0.25, -0.2) is 9.37 Å². The zero-order valence-electron chi connectivity index (χ0n) is 9.66. The van der Waals surface area contributed by atoms with Gasteiger partial charge in [-0.3, -0.25) is 0 Å². The Bertz CT molecular complexity index is 586. The molecule has 1 atom stereocenters. The molecular weight excluding hydrogens is 251 g/mol.